The average molecular weight is 2010 g/mol. The van der Waals surface area contributed by atoms with Gasteiger partial charge >= 0.3 is 23.9 Å². The summed E-state index contributed by atoms with van der Waals surface area (Å²) in [6.07, 6.45) is 17.0. The van der Waals surface area contributed by atoms with Crippen LogP contribution in [0.4, 0.5) is 34.9 Å². The van der Waals surface area contributed by atoms with Crippen LogP contribution in [0.25, 0.3) is 10.5 Å². The first-order valence-corrected chi connectivity index (χ1v) is 48.4. The maximum Gasteiger partial charge on any atom is 0.337 e. The maximum atomic E-state index is 13.1. The SMILES string of the molecule is CCCC1=C([N+](=O)[O-])C(c2ccccc2Cl)c2cn[nH]c2N1.CCCCC1=C(C(=O)OCC)C(c2ccccc2OC)c2cn[nH]c2N1.CCOC(=O)C1=C(CC)Nc2[nH]ncc2C1c1ccccc1OC.CCOC(=O)C1=C(c2ccccc2)Nc2[nH]ncc2C1c1ccccc1OC.COCC1=C(C(=O)OC)C(c2ccccc2OC)c2cn[nH]c2N1.[C-]#[N+]C1=C(CCC)Nc2[nH]ncc2C1c1ccccc1Cl. The standard InChI is InChI=1S/C22H21N3O3.C20H25N3O3.C18H21N3O3.C17H19N3O4.C16H15ClN4.C15H15ClN4O2/c1-3-28-22(26)19-18(15-11-7-8-12-17(15)27-2)16-13-23-25-21(16)24-20(19)14-9-5-4-6-10-14;1-4-6-10-15-18(20(24)26-5-2)17(14-12-21-23-19(14)22-15)13-9-7-8-11-16(13)25-3;1-4-13-16(18(22)24-5-2)15(12-10-19-21-17(12)20-13)11-8-6-7-9-14(11)23-3;1-22-9-12-15(17(21)24-3)14(11-8-18-20-16(11)19-12)10-6-4-5-7-13(10)23-2;1-3-6-13-15(18-2)14(10-7-4-5-8-12(10)17)11-9-19-21-16(11)20-13;1-2-5-12-14(20(21)22)13(9-6-3-4-7-11(9)16)10-8-17-19-15(10)18-12/h4-13,18H,3H2,1-2H3,(H2,23,24,25);7-9,11-12,17H,4-6,10H2,1-3H3,(H2,21,22,23);6-10,15H,4-5H2,1-3H3,(H2,19,20,21);4-8,14H,9H2,1-3H3,(H2,18,19,20);4-5,7-9,14H,3,6H2,1H3,(H2,19,20,21);3-4,6-8,13H,2,5H2,1H3,(H2,17,18,19). The van der Waals surface area contributed by atoms with Crippen molar-refractivity contribution < 1.29 is 66.7 Å². The number of aromatic nitrogens is 12. The van der Waals surface area contributed by atoms with Gasteiger partial charge in [0.15, 0.2) is 5.70 Å². The van der Waals surface area contributed by atoms with Gasteiger partial charge in [-0.2, -0.15) is 30.6 Å². The van der Waals surface area contributed by atoms with Crippen LogP contribution in [0.2, 0.25) is 10.0 Å². The summed E-state index contributed by atoms with van der Waals surface area (Å²) in [5.74, 6) is 4.12. The van der Waals surface area contributed by atoms with Crippen molar-refractivity contribution in [2.75, 3.05) is 101 Å². The van der Waals surface area contributed by atoms with Crippen molar-refractivity contribution in [2.45, 2.75) is 135 Å². The number of hydrogen-bond acceptors (Lipinski definition) is 27. The molecule has 13 aromatic rings. The van der Waals surface area contributed by atoms with Crippen LogP contribution >= 0.6 is 23.2 Å². The van der Waals surface area contributed by atoms with Gasteiger partial charge in [0.1, 0.15) is 63.8 Å². The Kier molecular flexibility index (Phi) is 35.8. The Labute approximate surface area is 849 Å². The van der Waals surface area contributed by atoms with E-state index in [9.17, 15) is 29.3 Å². The number of ether oxygens (including phenoxy) is 9. The van der Waals surface area contributed by atoms with Crippen molar-refractivity contribution in [3.63, 3.8) is 0 Å². The molecular formula is C108H116Cl2N20O15. The number of nitro groups is 1. The minimum atomic E-state index is -0.528. The number of unbranched alkanes of at least 4 members (excludes halogenated alkanes) is 1. The van der Waals surface area contributed by atoms with Crippen molar-refractivity contribution >= 4 is 87.7 Å². The Balaban J connectivity index is 0.000000138. The summed E-state index contributed by atoms with van der Waals surface area (Å²) < 4.78 is 48.6. The maximum absolute atomic E-state index is 13.1. The Morgan fingerprint density at radius 3 is 1.06 bits per heavy atom. The van der Waals surface area contributed by atoms with E-state index >= 15 is 0 Å². The van der Waals surface area contributed by atoms with Gasteiger partial charge in [-0.1, -0.05) is 210 Å². The van der Waals surface area contributed by atoms with Gasteiger partial charge in [0.25, 0.3) is 5.70 Å². The van der Waals surface area contributed by atoms with Crippen molar-refractivity contribution in [1.82, 2.24) is 61.2 Å². The number of halogens is 2. The quantitative estimate of drug-likeness (QED) is 0.00681. The molecule has 19 rings (SSSR count). The Morgan fingerprint density at radius 1 is 0.359 bits per heavy atom. The number of H-pyrrole nitrogens is 6. The Morgan fingerprint density at radius 2 is 0.683 bits per heavy atom. The first-order chi connectivity index (χ1) is 70.7. The normalized spacial score (nSPS) is 16.4. The number of benzene rings is 7. The Bertz CT molecular complexity index is 7010. The molecule has 0 aliphatic carbocycles. The van der Waals surface area contributed by atoms with E-state index in [1.54, 1.807) is 85.7 Å². The number of esters is 4. The van der Waals surface area contributed by atoms with Gasteiger partial charge in [0, 0.05) is 89.9 Å². The van der Waals surface area contributed by atoms with Gasteiger partial charge in [-0.05, 0) is 106 Å². The number of carbonyl (C=O) groups is 4. The zero-order chi connectivity index (χ0) is 103. The lowest BCUT2D eigenvalue weighted by atomic mass is 9.81. The van der Waals surface area contributed by atoms with E-state index in [2.05, 4.69) is 112 Å². The van der Waals surface area contributed by atoms with Crippen LogP contribution in [0.3, 0.4) is 0 Å². The van der Waals surface area contributed by atoms with Crippen LogP contribution in [0, 0.1) is 16.7 Å². The van der Waals surface area contributed by atoms with Crippen molar-refractivity contribution in [1.29, 1.82) is 0 Å². The number of aromatic amines is 6. The fraction of sp³-hybridized carbons (Fsp3) is 0.287. The molecule has 0 spiro atoms. The topological polar surface area (TPSA) is 443 Å². The summed E-state index contributed by atoms with van der Waals surface area (Å²) in [4.78, 5) is 66.4. The van der Waals surface area contributed by atoms with Crippen molar-refractivity contribution in [2.24, 2.45) is 0 Å². The highest BCUT2D eigenvalue weighted by Crippen LogP contribution is 2.53. The largest absolute Gasteiger partial charge is 0.496 e. The van der Waals surface area contributed by atoms with E-state index in [1.165, 1.54) is 7.11 Å². The third-order valence-corrected chi connectivity index (χ3v) is 25.7. The zero-order valence-corrected chi connectivity index (χ0v) is 84.1. The van der Waals surface area contributed by atoms with Crippen molar-refractivity contribution in [3.8, 4) is 23.0 Å². The molecule has 145 heavy (non-hydrogen) atoms. The van der Waals surface area contributed by atoms with Crippen LogP contribution in [0.1, 0.15) is 208 Å². The summed E-state index contributed by atoms with van der Waals surface area (Å²) >= 11 is 12.7. The lowest BCUT2D eigenvalue weighted by molar-refractivity contribution is -0.430. The van der Waals surface area contributed by atoms with Gasteiger partial charge in [0.2, 0.25) is 0 Å². The molecule has 6 aromatic heterocycles. The summed E-state index contributed by atoms with van der Waals surface area (Å²) in [6.45, 7) is 22.5. The van der Waals surface area contributed by atoms with E-state index in [-0.39, 0.29) is 64.7 Å². The number of nitrogens with zero attached hydrogens (tertiary/aromatic N) is 8. The van der Waals surface area contributed by atoms with Crippen molar-refractivity contribution in [3.05, 3.63) is 379 Å². The van der Waals surface area contributed by atoms with Gasteiger partial charge in [0.05, 0.1) is 180 Å². The van der Waals surface area contributed by atoms with E-state index in [1.807, 2.05) is 198 Å². The molecule has 12 heterocycles. The lowest BCUT2D eigenvalue weighted by Gasteiger charge is -2.29. The molecular weight excluding hydrogens is 1890 g/mol. The smallest absolute Gasteiger partial charge is 0.337 e. The molecule has 0 saturated heterocycles. The minimum Gasteiger partial charge on any atom is -0.496 e. The van der Waals surface area contributed by atoms with Gasteiger partial charge < -0.3 is 74.5 Å². The third-order valence-electron chi connectivity index (χ3n) is 25.0. The molecule has 12 N–H and O–H groups in total. The number of hydrogen-bond donors (Lipinski definition) is 12. The summed E-state index contributed by atoms with van der Waals surface area (Å²) in [6, 6.07) is 55.4. The van der Waals surface area contributed by atoms with Gasteiger partial charge in [-0.25, -0.2) is 24.0 Å². The molecule has 6 atom stereocenters. The molecule has 35 nitrogen and oxygen atoms in total. The first-order valence-electron chi connectivity index (χ1n) is 47.6. The van der Waals surface area contributed by atoms with Crippen LogP contribution in [0.5, 0.6) is 23.0 Å². The molecule has 7 aromatic carbocycles. The summed E-state index contributed by atoms with van der Waals surface area (Å²) in [5, 5.41) is 74.9. The molecule has 6 unspecified atom stereocenters. The van der Waals surface area contributed by atoms with Gasteiger partial charge in [-0.15, -0.1) is 0 Å². The number of allylic oxidation sites excluding steroid dienone is 6. The number of nitrogens with one attached hydrogen (secondary N) is 12. The zero-order valence-electron chi connectivity index (χ0n) is 82.6. The third kappa shape index (κ3) is 22.7. The highest BCUT2D eigenvalue weighted by Gasteiger charge is 2.44. The number of para-hydroxylation sites is 4. The molecule has 0 fully saturated rings. The van der Waals surface area contributed by atoms with E-state index in [0.29, 0.717) is 111 Å². The highest BCUT2D eigenvalue weighted by atomic mass is 35.5. The summed E-state index contributed by atoms with van der Waals surface area (Å²) in [5.41, 5.74) is 19.1. The number of anilines is 6. The molecule has 752 valence electrons. The fourth-order valence-corrected chi connectivity index (χ4v) is 19.2. The van der Waals surface area contributed by atoms with Crippen LogP contribution < -0.4 is 50.8 Å². The fourth-order valence-electron chi connectivity index (χ4n) is 18.7. The Hall–Kier alpha value is -16.5. The lowest BCUT2D eigenvalue weighted by Crippen LogP contribution is -2.26. The number of fused-ring (bicyclic) bond motifs is 6. The molecule has 0 amide bonds. The predicted octanol–water partition coefficient (Wildman–Crippen LogP) is 21.6. The second-order valence-corrected chi connectivity index (χ2v) is 34.3. The van der Waals surface area contributed by atoms with E-state index in [4.69, 9.17) is 72.4 Å². The second kappa shape index (κ2) is 49.8. The molecule has 6 aliphatic rings. The number of methoxy groups -OCH3 is 6. The molecule has 6 aliphatic heterocycles. The predicted molar refractivity (Wildman–Crippen MR) is 555 cm³/mol. The highest BCUT2D eigenvalue weighted by molar-refractivity contribution is 6.32. The summed E-state index contributed by atoms with van der Waals surface area (Å²) in [7, 11) is 9.44. The number of carbonyl (C=O) groups excluding carboxylic acids is 4. The molecule has 0 saturated carbocycles. The minimum absolute atomic E-state index is 0.142. The van der Waals surface area contributed by atoms with Gasteiger partial charge in [-0.3, -0.25) is 40.7 Å². The van der Waals surface area contributed by atoms with E-state index in [0.717, 1.165) is 163 Å². The number of rotatable bonds is 29. The second-order valence-electron chi connectivity index (χ2n) is 33.5. The van der Waals surface area contributed by atoms with Crippen LogP contribution in [-0.2, 0) is 42.9 Å². The monoisotopic (exact) mass is 2000 g/mol. The first kappa shape index (κ1) is 104. The van der Waals surface area contributed by atoms with Crippen LogP contribution in [-0.4, -0.2) is 159 Å². The average Bonchev–Trinajstić information content (AvgIpc) is 1.63. The molecule has 37 heteroatoms. The molecule has 0 radical (unpaired) electrons. The molecule has 0 bridgehead atoms. The van der Waals surface area contributed by atoms with Crippen LogP contribution in [0.15, 0.2) is 275 Å². The van der Waals surface area contributed by atoms with E-state index < -0.39 is 11.9 Å².